The second-order valence-electron chi connectivity index (χ2n) is 4.68. The Morgan fingerprint density at radius 3 is 3.05 bits per heavy atom. The summed E-state index contributed by atoms with van der Waals surface area (Å²) in [5, 5.41) is 0. The lowest BCUT2D eigenvalue weighted by Crippen LogP contribution is -2.31. The van der Waals surface area contributed by atoms with E-state index in [2.05, 4.69) is 4.98 Å². The molecule has 2 aromatic heterocycles. The molecule has 20 heavy (non-hydrogen) atoms. The number of fused-ring (bicyclic) bond motifs is 1. The summed E-state index contributed by atoms with van der Waals surface area (Å²) >= 11 is 5.98. The summed E-state index contributed by atoms with van der Waals surface area (Å²) in [6, 6.07) is 0. The van der Waals surface area contributed by atoms with Crippen molar-refractivity contribution in [3.05, 3.63) is 23.8 Å². The lowest BCUT2D eigenvalue weighted by Gasteiger charge is -2.27. The molecule has 0 aliphatic carbocycles. The number of esters is 1. The Balaban J connectivity index is 1.98. The average Bonchev–Trinajstić information content (AvgIpc) is 2.92. The van der Waals surface area contributed by atoms with E-state index in [0.29, 0.717) is 30.5 Å². The first-order valence-electron chi connectivity index (χ1n) is 6.64. The van der Waals surface area contributed by atoms with E-state index < -0.39 is 0 Å². The Morgan fingerprint density at radius 1 is 1.65 bits per heavy atom. The summed E-state index contributed by atoms with van der Waals surface area (Å²) in [5.74, 6) is 0.676. The minimum atomic E-state index is -0.377. The number of ether oxygens (including phenoxy) is 2. The molecule has 0 N–H and O–H groups in total. The number of carbonyl (C=O) groups excluding carboxylic acids is 1. The van der Waals surface area contributed by atoms with Crippen LogP contribution in [0.1, 0.15) is 29.5 Å². The maximum Gasteiger partial charge on any atom is 0.357 e. The van der Waals surface area contributed by atoms with Gasteiger partial charge < -0.3 is 14.0 Å². The SMILES string of the molecule is CCOC(=O)c1cnc2n(CC3CCO3)c(CCl)cn12. The van der Waals surface area contributed by atoms with E-state index in [1.807, 2.05) is 10.8 Å². The van der Waals surface area contributed by atoms with Gasteiger partial charge in [0.2, 0.25) is 5.78 Å². The first kappa shape index (κ1) is 13.5. The highest BCUT2D eigenvalue weighted by molar-refractivity contribution is 6.16. The van der Waals surface area contributed by atoms with Crippen LogP contribution in [0.5, 0.6) is 0 Å². The van der Waals surface area contributed by atoms with Crippen molar-refractivity contribution in [2.24, 2.45) is 0 Å². The summed E-state index contributed by atoms with van der Waals surface area (Å²) in [6.07, 6.45) is 4.61. The van der Waals surface area contributed by atoms with Crippen LogP contribution >= 0.6 is 11.6 Å². The zero-order chi connectivity index (χ0) is 14.1. The number of hydrogen-bond acceptors (Lipinski definition) is 4. The number of rotatable bonds is 5. The highest BCUT2D eigenvalue weighted by Crippen LogP contribution is 2.20. The second-order valence-corrected chi connectivity index (χ2v) is 4.95. The third-order valence-electron chi connectivity index (χ3n) is 3.44. The molecule has 0 radical (unpaired) electrons. The molecule has 1 saturated heterocycles. The lowest BCUT2D eigenvalue weighted by molar-refractivity contribution is -0.0589. The van der Waals surface area contributed by atoms with Crippen molar-refractivity contribution in [3.63, 3.8) is 0 Å². The van der Waals surface area contributed by atoms with Crippen LogP contribution in [0.15, 0.2) is 12.4 Å². The van der Waals surface area contributed by atoms with E-state index >= 15 is 0 Å². The monoisotopic (exact) mass is 297 g/mol. The van der Waals surface area contributed by atoms with Gasteiger partial charge in [-0.3, -0.25) is 4.40 Å². The van der Waals surface area contributed by atoms with E-state index in [-0.39, 0.29) is 12.1 Å². The van der Waals surface area contributed by atoms with Crippen LogP contribution in [0, 0.1) is 0 Å². The maximum absolute atomic E-state index is 11.9. The molecule has 3 heterocycles. The molecule has 2 aromatic rings. The molecule has 1 unspecified atom stereocenters. The average molecular weight is 298 g/mol. The Morgan fingerprint density at radius 2 is 2.45 bits per heavy atom. The molecule has 1 aliphatic heterocycles. The minimum Gasteiger partial charge on any atom is -0.461 e. The van der Waals surface area contributed by atoms with Gasteiger partial charge in [-0.1, -0.05) is 0 Å². The standard InChI is InChI=1S/C13H16ClN3O3/c1-2-19-12(18)11-6-15-13-16(8-10-3-4-20-10)9(5-14)7-17(11)13/h6-7,10H,2-5,8H2,1H3. The molecule has 1 fully saturated rings. The van der Waals surface area contributed by atoms with Gasteiger partial charge in [0.25, 0.3) is 0 Å². The summed E-state index contributed by atoms with van der Waals surface area (Å²) in [7, 11) is 0. The molecule has 0 aromatic carbocycles. The Hall–Kier alpha value is -1.53. The molecule has 3 rings (SSSR count). The van der Waals surface area contributed by atoms with Crippen molar-refractivity contribution >= 4 is 23.3 Å². The number of nitrogens with zero attached hydrogens (tertiary/aromatic N) is 3. The van der Waals surface area contributed by atoms with E-state index in [1.165, 1.54) is 6.20 Å². The van der Waals surface area contributed by atoms with E-state index in [0.717, 1.165) is 18.7 Å². The lowest BCUT2D eigenvalue weighted by atomic mass is 10.2. The minimum absolute atomic E-state index is 0.205. The van der Waals surface area contributed by atoms with Crippen molar-refractivity contribution in [1.29, 1.82) is 0 Å². The smallest absolute Gasteiger partial charge is 0.357 e. The Labute approximate surface area is 121 Å². The Bertz CT molecular complexity index is 630. The normalized spacial score (nSPS) is 18.2. The van der Waals surface area contributed by atoms with Crippen molar-refractivity contribution in [2.75, 3.05) is 13.2 Å². The fraction of sp³-hybridized carbons (Fsp3) is 0.538. The van der Waals surface area contributed by atoms with Crippen molar-refractivity contribution in [2.45, 2.75) is 31.9 Å². The van der Waals surface area contributed by atoms with Gasteiger partial charge in [0, 0.05) is 12.8 Å². The van der Waals surface area contributed by atoms with Crippen molar-refractivity contribution < 1.29 is 14.3 Å². The van der Waals surface area contributed by atoms with Gasteiger partial charge in [0.05, 0.1) is 37.0 Å². The van der Waals surface area contributed by atoms with Crippen LogP contribution in [-0.2, 0) is 21.9 Å². The zero-order valence-electron chi connectivity index (χ0n) is 11.2. The summed E-state index contributed by atoms with van der Waals surface area (Å²) in [4.78, 5) is 16.2. The van der Waals surface area contributed by atoms with Gasteiger partial charge in [-0.2, -0.15) is 0 Å². The number of aromatic nitrogens is 3. The number of alkyl halides is 1. The van der Waals surface area contributed by atoms with Crippen LogP contribution in [0.4, 0.5) is 0 Å². The highest BCUT2D eigenvalue weighted by atomic mass is 35.5. The van der Waals surface area contributed by atoms with Gasteiger partial charge in [0.15, 0.2) is 5.69 Å². The molecule has 1 atom stereocenters. The van der Waals surface area contributed by atoms with Gasteiger partial charge >= 0.3 is 5.97 Å². The van der Waals surface area contributed by atoms with Crippen LogP contribution in [0.3, 0.4) is 0 Å². The molecule has 0 saturated carbocycles. The maximum atomic E-state index is 11.9. The number of hydrogen-bond donors (Lipinski definition) is 0. The topological polar surface area (TPSA) is 57.8 Å². The molecular formula is C13H16ClN3O3. The molecule has 7 heteroatoms. The molecule has 0 bridgehead atoms. The van der Waals surface area contributed by atoms with E-state index in [1.54, 1.807) is 11.3 Å². The molecular weight excluding hydrogens is 282 g/mol. The highest BCUT2D eigenvalue weighted by Gasteiger charge is 2.23. The molecule has 1 aliphatic rings. The predicted molar refractivity (Wildman–Crippen MR) is 73.1 cm³/mol. The number of halogens is 1. The fourth-order valence-corrected chi connectivity index (χ4v) is 2.53. The van der Waals surface area contributed by atoms with Gasteiger partial charge in [0.1, 0.15) is 0 Å². The Kier molecular flexibility index (Phi) is 3.67. The summed E-state index contributed by atoms with van der Waals surface area (Å²) < 4.78 is 14.2. The fourth-order valence-electron chi connectivity index (χ4n) is 2.32. The molecule has 0 spiro atoms. The largest absolute Gasteiger partial charge is 0.461 e. The van der Waals surface area contributed by atoms with Crippen molar-refractivity contribution in [3.8, 4) is 0 Å². The van der Waals surface area contributed by atoms with E-state index in [9.17, 15) is 4.79 Å². The van der Waals surface area contributed by atoms with E-state index in [4.69, 9.17) is 21.1 Å². The van der Waals surface area contributed by atoms with Gasteiger partial charge in [-0.15, -0.1) is 11.6 Å². The van der Waals surface area contributed by atoms with Gasteiger partial charge in [-0.25, -0.2) is 9.78 Å². The predicted octanol–water partition coefficient (Wildman–Crippen LogP) is 1.84. The van der Waals surface area contributed by atoms with Crippen LogP contribution in [0.25, 0.3) is 5.78 Å². The van der Waals surface area contributed by atoms with Gasteiger partial charge in [-0.05, 0) is 13.3 Å². The third kappa shape index (κ3) is 2.19. The second kappa shape index (κ2) is 5.46. The first-order chi connectivity index (χ1) is 9.74. The van der Waals surface area contributed by atoms with Crippen LogP contribution in [0.2, 0.25) is 0 Å². The summed E-state index contributed by atoms with van der Waals surface area (Å²) in [5.41, 5.74) is 1.33. The quantitative estimate of drug-likeness (QED) is 0.624. The molecule has 0 amide bonds. The zero-order valence-corrected chi connectivity index (χ0v) is 12.0. The van der Waals surface area contributed by atoms with Crippen LogP contribution in [-0.4, -0.2) is 39.2 Å². The number of imidazole rings is 2. The van der Waals surface area contributed by atoms with Crippen molar-refractivity contribution in [1.82, 2.24) is 14.0 Å². The summed E-state index contributed by atoms with van der Waals surface area (Å²) in [6.45, 7) is 3.63. The third-order valence-corrected chi connectivity index (χ3v) is 3.72. The number of carbonyl (C=O) groups is 1. The van der Waals surface area contributed by atoms with Crippen LogP contribution < -0.4 is 0 Å². The molecule has 6 nitrogen and oxygen atoms in total. The molecule has 108 valence electrons. The first-order valence-corrected chi connectivity index (χ1v) is 7.18.